The molecule has 0 bridgehead atoms. The first-order valence-corrected chi connectivity index (χ1v) is 10.7. The van der Waals surface area contributed by atoms with Crippen molar-refractivity contribution in [1.82, 2.24) is 10.2 Å². The summed E-state index contributed by atoms with van der Waals surface area (Å²) in [6.07, 6.45) is 1.71. The summed E-state index contributed by atoms with van der Waals surface area (Å²) < 4.78 is 0. The zero-order chi connectivity index (χ0) is 20.3. The van der Waals surface area contributed by atoms with Gasteiger partial charge in [-0.3, -0.25) is 14.5 Å². The van der Waals surface area contributed by atoms with Gasteiger partial charge in [-0.1, -0.05) is 17.7 Å². The minimum atomic E-state index is -0.200. The Labute approximate surface area is 171 Å². The highest BCUT2D eigenvalue weighted by atomic mass is 32.1. The lowest BCUT2D eigenvalue weighted by Gasteiger charge is -2.35. The first-order chi connectivity index (χ1) is 13.3. The topological polar surface area (TPSA) is 61.4 Å². The average molecular weight is 400 g/mol. The summed E-state index contributed by atoms with van der Waals surface area (Å²) in [4.78, 5) is 27.2. The van der Waals surface area contributed by atoms with Crippen molar-refractivity contribution in [2.75, 3.05) is 18.4 Å². The van der Waals surface area contributed by atoms with Crippen molar-refractivity contribution < 1.29 is 9.59 Å². The molecule has 0 aliphatic carbocycles. The van der Waals surface area contributed by atoms with E-state index in [4.69, 9.17) is 0 Å². The average Bonchev–Trinajstić information content (AvgIpc) is 3.19. The van der Waals surface area contributed by atoms with E-state index in [0.717, 1.165) is 48.3 Å². The number of nitrogens with one attached hydrogen (secondary N) is 2. The first-order valence-electron chi connectivity index (χ1n) is 9.81. The molecule has 3 rings (SSSR count). The Morgan fingerprint density at radius 3 is 2.36 bits per heavy atom. The molecule has 0 saturated carbocycles. The van der Waals surface area contributed by atoms with Gasteiger partial charge in [0.05, 0.1) is 6.04 Å². The molecular weight excluding hydrogens is 370 g/mol. The highest BCUT2D eigenvalue weighted by Crippen LogP contribution is 2.23. The molecule has 2 aromatic rings. The number of piperidine rings is 1. The van der Waals surface area contributed by atoms with Crippen LogP contribution in [0.3, 0.4) is 0 Å². The maximum absolute atomic E-state index is 12.8. The van der Waals surface area contributed by atoms with Crippen LogP contribution in [0, 0.1) is 20.8 Å². The van der Waals surface area contributed by atoms with E-state index in [2.05, 4.69) is 34.6 Å². The van der Waals surface area contributed by atoms with Crippen LogP contribution in [0.1, 0.15) is 46.8 Å². The predicted molar refractivity (Wildman–Crippen MR) is 115 cm³/mol. The van der Waals surface area contributed by atoms with Crippen molar-refractivity contribution >= 4 is 28.8 Å². The molecule has 2 heterocycles. The number of thiophene rings is 1. The number of benzene rings is 1. The van der Waals surface area contributed by atoms with Crippen LogP contribution < -0.4 is 10.6 Å². The molecule has 0 radical (unpaired) electrons. The fraction of sp³-hybridized carbons (Fsp3) is 0.455. The third-order valence-corrected chi connectivity index (χ3v) is 6.18. The van der Waals surface area contributed by atoms with E-state index in [1.54, 1.807) is 0 Å². The van der Waals surface area contributed by atoms with Gasteiger partial charge in [-0.25, -0.2) is 0 Å². The van der Waals surface area contributed by atoms with Crippen molar-refractivity contribution in [1.29, 1.82) is 0 Å². The monoisotopic (exact) mass is 399 g/mol. The second kappa shape index (κ2) is 8.88. The second-order valence-electron chi connectivity index (χ2n) is 7.73. The lowest BCUT2D eigenvalue weighted by molar-refractivity contribution is -0.121. The van der Waals surface area contributed by atoms with E-state index < -0.39 is 0 Å². The van der Waals surface area contributed by atoms with Crippen LogP contribution in [-0.4, -0.2) is 41.9 Å². The molecule has 2 amide bonds. The van der Waals surface area contributed by atoms with Gasteiger partial charge in [0.25, 0.3) is 5.91 Å². The molecule has 1 unspecified atom stereocenters. The van der Waals surface area contributed by atoms with Crippen LogP contribution in [0.25, 0.3) is 0 Å². The highest BCUT2D eigenvalue weighted by Gasteiger charge is 2.28. The molecule has 2 N–H and O–H groups in total. The molecule has 6 heteroatoms. The van der Waals surface area contributed by atoms with E-state index in [9.17, 15) is 9.59 Å². The molecule has 1 aromatic carbocycles. The predicted octanol–water partition coefficient (Wildman–Crippen LogP) is 3.89. The molecule has 1 aromatic heterocycles. The highest BCUT2D eigenvalue weighted by molar-refractivity contribution is 7.08. The van der Waals surface area contributed by atoms with Crippen molar-refractivity contribution in [3.8, 4) is 0 Å². The van der Waals surface area contributed by atoms with Crippen LogP contribution in [-0.2, 0) is 4.79 Å². The first kappa shape index (κ1) is 20.6. The Kier molecular flexibility index (Phi) is 6.52. The number of hydrogen-bond donors (Lipinski definition) is 2. The number of amides is 2. The Morgan fingerprint density at radius 1 is 1.14 bits per heavy atom. The van der Waals surface area contributed by atoms with E-state index in [0.29, 0.717) is 0 Å². The van der Waals surface area contributed by atoms with Crippen LogP contribution in [0.5, 0.6) is 0 Å². The summed E-state index contributed by atoms with van der Waals surface area (Å²) in [5.74, 6) is 0.0200. The number of carbonyl (C=O) groups is 2. The zero-order valence-corrected chi connectivity index (χ0v) is 17.9. The second-order valence-corrected chi connectivity index (χ2v) is 8.51. The van der Waals surface area contributed by atoms with Gasteiger partial charge in [-0.05, 0) is 63.1 Å². The van der Waals surface area contributed by atoms with Gasteiger partial charge in [-0.15, -0.1) is 0 Å². The van der Waals surface area contributed by atoms with Gasteiger partial charge in [0.15, 0.2) is 0 Å². The van der Waals surface area contributed by atoms with Crippen molar-refractivity contribution in [3.63, 3.8) is 0 Å². The van der Waals surface area contributed by atoms with Gasteiger partial charge < -0.3 is 10.6 Å². The summed E-state index contributed by atoms with van der Waals surface area (Å²) in [6.45, 7) is 9.68. The molecule has 1 saturated heterocycles. The van der Waals surface area contributed by atoms with Gasteiger partial charge in [-0.2, -0.15) is 11.3 Å². The van der Waals surface area contributed by atoms with Gasteiger partial charge in [0, 0.05) is 35.8 Å². The molecule has 5 nitrogen and oxygen atoms in total. The summed E-state index contributed by atoms with van der Waals surface area (Å²) in [5.41, 5.74) is 5.03. The van der Waals surface area contributed by atoms with Crippen molar-refractivity contribution in [2.24, 2.45) is 0 Å². The lowest BCUT2D eigenvalue weighted by atomic mass is 10.0. The number of nitrogens with zero attached hydrogens (tertiary/aromatic N) is 1. The summed E-state index contributed by atoms with van der Waals surface area (Å²) in [5, 5.41) is 10.0. The van der Waals surface area contributed by atoms with Crippen molar-refractivity contribution in [3.05, 3.63) is 51.2 Å². The lowest BCUT2D eigenvalue weighted by Crippen LogP contribution is -2.50. The number of carbonyl (C=O) groups excluding carboxylic acids is 2. The molecular formula is C22H29N3O2S. The van der Waals surface area contributed by atoms with Gasteiger partial charge >= 0.3 is 0 Å². The SMILES string of the molecule is Cc1cc(C)c(NC(=O)C(C)N2CCC(NC(=O)c3ccsc3)CC2)c(C)c1. The summed E-state index contributed by atoms with van der Waals surface area (Å²) >= 11 is 1.53. The fourth-order valence-electron chi connectivity index (χ4n) is 3.86. The Balaban J connectivity index is 1.52. The molecule has 1 atom stereocenters. The number of rotatable bonds is 5. The zero-order valence-electron chi connectivity index (χ0n) is 17.0. The van der Waals surface area contributed by atoms with E-state index in [-0.39, 0.29) is 23.9 Å². The van der Waals surface area contributed by atoms with Crippen molar-refractivity contribution in [2.45, 2.75) is 52.6 Å². The Bertz CT molecular complexity index is 816. The molecule has 1 fully saturated rings. The molecule has 28 heavy (non-hydrogen) atoms. The maximum Gasteiger partial charge on any atom is 0.252 e. The number of likely N-dealkylation sites (tertiary alicyclic amines) is 1. The smallest absolute Gasteiger partial charge is 0.252 e. The maximum atomic E-state index is 12.8. The standard InChI is InChI=1S/C22H29N3O2S/c1-14-11-15(2)20(16(3)12-14)24-21(26)17(4)25-8-5-19(6-9-25)23-22(27)18-7-10-28-13-18/h7,10-13,17,19H,5-6,8-9H2,1-4H3,(H,23,27)(H,24,26). The van der Waals surface area contributed by atoms with Crippen LogP contribution in [0.2, 0.25) is 0 Å². The summed E-state index contributed by atoms with van der Waals surface area (Å²) in [7, 11) is 0. The van der Waals surface area contributed by atoms with E-state index in [1.807, 2.05) is 37.6 Å². The number of anilines is 1. The van der Waals surface area contributed by atoms with Crippen LogP contribution in [0.15, 0.2) is 29.0 Å². The fourth-order valence-corrected chi connectivity index (χ4v) is 4.50. The summed E-state index contributed by atoms with van der Waals surface area (Å²) in [6, 6.07) is 6.00. The molecule has 150 valence electrons. The van der Waals surface area contributed by atoms with E-state index in [1.165, 1.54) is 16.9 Å². The minimum Gasteiger partial charge on any atom is -0.349 e. The molecule has 1 aliphatic rings. The third-order valence-electron chi connectivity index (χ3n) is 5.50. The number of hydrogen-bond acceptors (Lipinski definition) is 4. The van der Waals surface area contributed by atoms with Gasteiger partial charge in [0.2, 0.25) is 5.91 Å². The largest absolute Gasteiger partial charge is 0.349 e. The molecule has 0 spiro atoms. The Hall–Kier alpha value is -2.18. The molecule has 1 aliphatic heterocycles. The normalized spacial score (nSPS) is 16.6. The van der Waals surface area contributed by atoms with Gasteiger partial charge in [0.1, 0.15) is 0 Å². The number of aryl methyl sites for hydroxylation is 3. The minimum absolute atomic E-state index is 0.00388. The van der Waals surface area contributed by atoms with Crippen LogP contribution >= 0.6 is 11.3 Å². The quantitative estimate of drug-likeness (QED) is 0.802. The Morgan fingerprint density at radius 2 is 1.79 bits per heavy atom. The van der Waals surface area contributed by atoms with Crippen LogP contribution in [0.4, 0.5) is 5.69 Å². The van der Waals surface area contributed by atoms with E-state index >= 15 is 0 Å². The third kappa shape index (κ3) is 4.80.